The lowest BCUT2D eigenvalue weighted by atomic mass is 10.1. The number of aryl methyl sites for hydroxylation is 1. The van der Waals surface area contributed by atoms with Gasteiger partial charge in [0.15, 0.2) is 0 Å². The number of hydrogen-bond donors (Lipinski definition) is 1. The van der Waals surface area contributed by atoms with Crippen LogP contribution in [0.25, 0.3) is 0 Å². The minimum atomic E-state index is -0.815. The highest BCUT2D eigenvalue weighted by Gasteiger charge is 2.13. The third-order valence-electron chi connectivity index (χ3n) is 3.42. The molecule has 0 spiro atoms. The molecule has 2 rings (SSSR count). The van der Waals surface area contributed by atoms with Gasteiger partial charge in [-0.15, -0.1) is 0 Å². The van der Waals surface area contributed by atoms with Crippen LogP contribution in [0.2, 0.25) is 0 Å². The molecule has 0 amide bonds. The van der Waals surface area contributed by atoms with E-state index in [-0.39, 0.29) is 12.4 Å². The molecule has 0 aliphatic heterocycles. The van der Waals surface area contributed by atoms with Crippen LogP contribution in [0.4, 0.5) is 0 Å². The molecule has 0 aliphatic rings. The number of hydrogen-bond acceptors (Lipinski definition) is 3. The summed E-state index contributed by atoms with van der Waals surface area (Å²) in [7, 11) is 1.35. The molecule has 1 aromatic carbocycles. The zero-order valence-corrected chi connectivity index (χ0v) is 12.5. The lowest BCUT2D eigenvalue weighted by Gasteiger charge is -2.08. The van der Waals surface area contributed by atoms with Crippen molar-refractivity contribution in [2.75, 3.05) is 7.11 Å². The van der Waals surface area contributed by atoms with Gasteiger partial charge < -0.3 is 14.4 Å². The first-order valence-corrected chi connectivity index (χ1v) is 7.13. The zero-order chi connectivity index (χ0) is 15.9. The minimum Gasteiger partial charge on any atom is -0.481 e. The van der Waals surface area contributed by atoms with E-state index in [1.165, 1.54) is 7.11 Å². The van der Waals surface area contributed by atoms with Gasteiger partial charge in [-0.3, -0.25) is 4.79 Å². The monoisotopic (exact) mass is 301 g/mol. The number of benzene rings is 1. The van der Waals surface area contributed by atoms with Crippen LogP contribution in [-0.4, -0.2) is 28.7 Å². The Labute approximate surface area is 129 Å². The number of nitrogens with zero attached hydrogens (tertiary/aromatic N) is 1. The van der Waals surface area contributed by atoms with Gasteiger partial charge in [0.25, 0.3) is 0 Å². The van der Waals surface area contributed by atoms with Crippen molar-refractivity contribution >= 4 is 11.9 Å². The van der Waals surface area contributed by atoms with Gasteiger partial charge in [-0.1, -0.05) is 30.3 Å². The van der Waals surface area contributed by atoms with Crippen molar-refractivity contribution < 1.29 is 19.4 Å². The van der Waals surface area contributed by atoms with Crippen molar-refractivity contribution in [1.82, 2.24) is 4.57 Å². The Bertz CT molecular complexity index is 646. The van der Waals surface area contributed by atoms with Crippen LogP contribution in [0, 0.1) is 0 Å². The van der Waals surface area contributed by atoms with E-state index < -0.39 is 5.97 Å². The SMILES string of the molecule is COC(=O)c1cc(Cc2ccccc2)n(CCCC(=O)O)c1. The second kappa shape index (κ2) is 7.45. The first-order valence-electron chi connectivity index (χ1n) is 7.13. The number of ether oxygens (including phenoxy) is 1. The van der Waals surface area contributed by atoms with Crippen molar-refractivity contribution in [3.05, 3.63) is 59.4 Å². The van der Waals surface area contributed by atoms with Crippen LogP contribution in [0.3, 0.4) is 0 Å². The summed E-state index contributed by atoms with van der Waals surface area (Å²) in [6, 6.07) is 11.7. The Morgan fingerprint density at radius 3 is 2.59 bits per heavy atom. The van der Waals surface area contributed by atoms with Gasteiger partial charge in [0, 0.05) is 31.3 Å². The molecule has 0 saturated heterocycles. The summed E-state index contributed by atoms with van der Waals surface area (Å²) in [6.07, 6.45) is 3.04. The predicted molar refractivity (Wildman–Crippen MR) is 81.9 cm³/mol. The molecule has 2 aromatic rings. The molecule has 1 N–H and O–H groups in total. The molecule has 1 heterocycles. The maximum atomic E-state index is 11.7. The fourth-order valence-corrected chi connectivity index (χ4v) is 2.35. The number of rotatable bonds is 7. The van der Waals surface area contributed by atoms with Crippen LogP contribution in [-0.2, 0) is 22.5 Å². The first-order chi connectivity index (χ1) is 10.6. The number of carboxylic acids is 1. The van der Waals surface area contributed by atoms with E-state index in [1.807, 2.05) is 34.9 Å². The maximum Gasteiger partial charge on any atom is 0.339 e. The normalized spacial score (nSPS) is 10.4. The average molecular weight is 301 g/mol. The van der Waals surface area contributed by atoms with E-state index in [9.17, 15) is 9.59 Å². The molecule has 0 fully saturated rings. The number of carbonyl (C=O) groups excluding carboxylic acids is 1. The van der Waals surface area contributed by atoms with Gasteiger partial charge in [-0.2, -0.15) is 0 Å². The van der Waals surface area contributed by atoms with Crippen LogP contribution in [0.15, 0.2) is 42.6 Å². The van der Waals surface area contributed by atoms with E-state index in [2.05, 4.69) is 0 Å². The molecule has 0 aliphatic carbocycles. The Hall–Kier alpha value is -2.56. The highest BCUT2D eigenvalue weighted by atomic mass is 16.5. The van der Waals surface area contributed by atoms with E-state index in [0.29, 0.717) is 24.9 Å². The number of methoxy groups -OCH3 is 1. The van der Waals surface area contributed by atoms with Gasteiger partial charge in [-0.05, 0) is 18.1 Å². The molecule has 22 heavy (non-hydrogen) atoms. The average Bonchev–Trinajstić information content (AvgIpc) is 2.90. The molecule has 5 nitrogen and oxygen atoms in total. The Morgan fingerprint density at radius 2 is 1.95 bits per heavy atom. The predicted octanol–water partition coefficient (Wildman–Crippen LogP) is 2.73. The standard InChI is InChI=1S/C17H19NO4/c1-22-17(21)14-11-15(10-13-6-3-2-4-7-13)18(12-14)9-5-8-16(19)20/h2-4,6-7,11-12H,5,8-10H2,1H3,(H,19,20). The highest BCUT2D eigenvalue weighted by Crippen LogP contribution is 2.16. The molecule has 0 atom stereocenters. The molecular weight excluding hydrogens is 282 g/mol. The van der Waals surface area contributed by atoms with Gasteiger partial charge in [0.2, 0.25) is 0 Å². The molecule has 5 heteroatoms. The second-order valence-corrected chi connectivity index (χ2v) is 5.06. The third-order valence-corrected chi connectivity index (χ3v) is 3.42. The summed E-state index contributed by atoms with van der Waals surface area (Å²) in [5.74, 6) is -1.20. The van der Waals surface area contributed by atoms with Gasteiger partial charge in [-0.25, -0.2) is 4.79 Å². The molecule has 116 valence electrons. The zero-order valence-electron chi connectivity index (χ0n) is 12.5. The van der Waals surface area contributed by atoms with Crippen molar-refractivity contribution in [2.45, 2.75) is 25.8 Å². The first kappa shape index (κ1) is 15.8. The molecule has 0 radical (unpaired) electrons. The number of aliphatic carboxylic acids is 1. The number of esters is 1. The van der Waals surface area contributed by atoms with Crippen LogP contribution in [0.5, 0.6) is 0 Å². The Balaban J connectivity index is 2.19. The summed E-state index contributed by atoms with van der Waals surface area (Å²) in [6.45, 7) is 0.561. The fourth-order valence-electron chi connectivity index (χ4n) is 2.35. The largest absolute Gasteiger partial charge is 0.481 e. The fraction of sp³-hybridized carbons (Fsp3) is 0.294. The molecule has 1 aromatic heterocycles. The van der Waals surface area contributed by atoms with Crippen LogP contribution >= 0.6 is 0 Å². The van der Waals surface area contributed by atoms with Crippen LogP contribution < -0.4 is 0 Å². The summed E-state index contributed by atoms with van der Waals surface area (Å²) in [4.78, 5) is 22.3. The summed E-state index contributed by atoms with van der Waals surface area (Å²) < 4.78 is 6.68. The summed E-state index contributed by atoms with van der Waals surface area (Å²) in [5.41, 5.74) is 2.59. The maximum absolute atomic E-state index is 11.7. The van der Waals surface area contributed by atoms with Crippen molar-refractivity contribution in [1.29, 1.82) is 0 Å². The number of carboxylic acid groups (broad SMARTS) is 1. The Kier molecular flexibility index (Phi) is 5.36. The van der Waals surface area contributed by atoms with Gasteiger partial charge >= 0.3 is 11.9 Å². The number of aromatic nitrogens is 1. The number of carbonyl (C=O) groups is 2. The molecule has 0 unspecified atom stereocenters. The van der Waals surface area contributed by atoms with Crippen molar-refractivity contribution in [3.63, 3.8) is 0 Å². The van der Waals surface area contributed by atoms with E-state index >= 15 is 0 Å². The minimum absolute atomic E-state index is 0.108. The van der Waals surface area contributed by atoms with Crippen molar-refractivity contribution in [2.24, 2.45) is 0 Å². The summed E-state index contributed by atoms with van der Waals surface area (Å²) >= 11 is 0. The van der Waals surface area contributed by atoms with Crippen molar-refractivity contribution in [3.8, 4) is 0 Å². The second-order valence-electron chi connectivity index (χ2n) is 5.06. The van der Waals surface area contributed by atoms with E-state index in [1.54, 1.807) is 12.3 Å². The Morgan fingerprint density at radius 1 is 1.23 bits per heavy atom. The molecular formula is C17H19NO4. The lowest BCUT2D eigenvalue weighted by molar-refractivity contribution is -0.137. The highest BCUT2D eigenvalue weighted by molar-refractivity contribution is 5.89. The molecule has 0 bridgehead atoms. The smallest absolute Gasteiger partial charge is 0.339 e. The van der Waals surface area contributed by atoms with Gasteiger partial charge in [0.05, 0.1) is 12.7 Å². The topological polar surface area (TPSA) is 68.5 Å². The quantitative estimate of drug-likeness (QED) is 0.798. The third kappa shape index (κ3) is 4.22. The lowest BCUT2D eigenvalue weighted by Crippen LogP contribution is -2.05. The van der Waals surface area contributed by atoms with Gasteiger partial charge in [0.1, 0.15) is 0 Å². The van der Waals surface area contributed by atoms with E-state index in [4.69, 9.17) is 9.84 Å². The molecule has 0 saturated carbocycles. The van der Waals surface area contributed by atoms with E-state index in [0.717, 1.165) is 11.3 Å². The van der Waals surface area contributed by atoms with Crippen LogP contribution in [0.1, 0.15) is 34.5 Å². The summed E-state index contributed by atoms with van der Waals surface area (Å²) in [5, 5.41) is 8.74.